The number of ether oxygens (including phenoxy) is 2. The van der Waals surface area contributed by atoms with E-state index in [0.29, 0.717) is 19.7 Å². The molecule has 0 radical (unpaired) electrons. The lowest BCUT2D eigenvalue weighted by Gasteiger charge is -2.22. The van der Waals surface area contributed by atoms with E-state index in [1.807, 2.05) is 32.0 Å². The van der Waals surface area contributed by atoms with E-state index in [1.54, 1.807) is 11.8 Å². The van der Waals surface area contributed by atoms with Gasteiger partial charge in [0, 0.05) is 13.1 Å². The highest BCUT2D eigenvalue weighted by molar-refractivity contribution is 5.78. The van der Waals surface area contributed by atoms with Crippen LogP contribution < -0.4 is 4.74 Å². The highest BCUT2D eigenvalue weighted by atomic mass is 16.5. The van der Waals surface area contributed by atoms with Crippen molar-refractivity contribution >= 4 is 11.9 Å². The first-order valence-corrected chi connectivity index (χ1v) is 8.62. The summed E-state index contributed by atoms with van der Waals surface area (Å²) >= 11 is 0. The third-order valence-corrected chi connectivity index (χ3v) is 3.93. The van der Waals surface area contributed by atoms with Crippen molar-refractivity contribution in [3.05, 3.63) is 29.3 Å². The summed E-state index contributed by atoms with van der Waals surface area (Å²) in [6.07, 6.45) is 2.10. The summed E-state index contributed by atoms with van der Waals surface area (Å²) in [5, 5.41) is 0. The molecule has 0 bridgehead atoms. The fraction of sp³-hybridized carbons (Fsp3) is 0.579. The maximum absolute atomic E-state index is 12.4. The Morgan fingerprint density at radius 1 is 1.12 bits per heavy atom. The molecule has 0 N–H and O–H groups in total. The first-order valence-electron chi connectivity index (χ1n) is 8.62. The number of carbonyl (C=O) groups is 2. The SMILES string of the molecule is CCCCN(CCC(=O)OCC)C(=O)COc1cccc(C)c1C. The van der Waals surface area contributed by atoms with E-state index >= 15 is 0 Å². The van der Waals surface area contributed by atoms with E-state index < -0.39 is 0 Å². The van der Waals surface area contributed by atoms with E-state index in [2.05, 4.69) is 6.92 Å². The molecule has 1 aromatic carbocycles. The molecular weight excluding hydrogens is 306 g/mol. The minimum atomic E-state index is -0.276. The molecule has 0 aliphatic rings. The monoisotopic (exact) mass is 335 g/mol. The summed E-state index contributed by atoms with van der Waals surface area (Å²) < 4.78 is 10.6. The largest absolute Gasteiger partial charge is 0.483 e. The molecule has 134 valence electrons. The Morgan fingerprint density at radius 3 is 2.54 bits per heavy atom. The van der Waals surface area contributed by atoms with Gasteiger partial charge in [0.2, 0.25) is 0 Å². The van der Waals surface area contributed by atoms with Gasteiger partial charge < -0.3 is 14.4 Å². The van der Waals surface area contributed by atoms with Gasteiger partial charge in [-0.3, -0.25) is 9.59 Å². The maximum atomic E-state index is 12.4. The molecule has 0 spiro atoms. The molecule has 1 rings (SSSR count). The number of hydrogen-bond donors (Lipinski definition) is 0. The van der Waals surface area contributed by atoms with Crippen molar-refractivity contribution in [3.63, 3.8) is 0 Å². The van der Waals surface area contributed by atoms with Gasteiger partial charge >= 0.3 is 5.97 Å². The van der Waals surface area contributed by atoms with Crippen LogP contribution in [0.1, 0.15) is 44.2 Å². The van der Waals surface area contributed by atoms with E-state index in [4.69, 9.17) is 9.47 Å². The number of hydrogen-bond acceptors (Lipinski definition) is 4. The molecule has 0 heterocycles. The third kappa shape index (κ3) is 6.60. The number of unbranched alkanes of at least 4 members (excludes halogenated alkanes) is 1. The highest BCUT2D eigenvalue weighted by Gasteiger charge is 2.16. The van der Waals surface area contributed by atoms with E-state index in [1.165, 1.54) is 0 Å². The number of amides is 1. The lowest BCUT2D eigenvalue weighted by Crippen LogP contribution is -2.37. The summed E-state index contributed by atoms with van der Waals surface area (Å²) in [7, 11) is 0. The Balaban J connectivity index is 2.59. The average Bonchev–Trinajstić information content (AvgIpc) is 2.56. The van der Waals surface area contributed by atoms with Gasteiger partial charge in [-0.15, -0.1) is 0 Å². The van der Waals surface area contributed by atoms with Crippen LogP contribution in [0.25, 0.3) is 0 Å². The van der Waals surface area contributed by atoms with Gasteiger partial charge in [0.1, 0.15) is 5.75 Å². The van der Waals surface area contributed by atoms with Crippen molar-refractivity contribution in [2.45, 2.75) is 47.0 Å². The fourth-order valence-corrected chi connectivity index (χ4v) is 2.28. The van der Waals surface area contributed by atoms with Crippen LogP contribution in [0, 0.1) is 13.8 Å². The first kappa shape index (κ1) is 20.0. The Labute approximate surface area is 144 Å². The Morgan fingerprint density at radius 2 is 1.88 bits per heavy atom. The lowest BCUT2D eigenvalue weighted by atomic mass is 10.1. The predicted octanol–water partition coefficient (Wildman–Crippen LogP) is 3.26. The molecule has 1 aromatic rings. The Hall–Kier alpha value is -2.04. The van der Waals surface area contributed by atoms with E-state index in [9.17, 15) is 9.59 Å². The zero-order valence-corrected chi connectivity index (χ0v) is 15.3. The Bertz CT molecular complexity index is 542. The molecule has 0 atom stereocenters. The molecule has 0 unspecified atom stereocenters. The van der Waals surface area contributed by atoms with Crippen LogP contribution in [0.4, 0.5) is 0 Å². The van der Waals surface area contributed by atoms with Gasteiger partial charge in [0.25, 0.3) is 5.91 Å². The van der Waals surface area contributed by atoms with Crippen molar-refractivity contribution in [1.82, 2.24) is 4.90 Å². The number of aryl methyl sites for hydroxylation is 1. The third-order valence-electron chi connectivity index (χ3n) is 3.93. The second-order valence-corrected chi connectivity index (χ2v) is 5.78. The summed E-state index contributed by atoms with van der Waals surface area (Å²) in [5.41, 5.74) is 2.17. The second kappa shape index (κ2) is 10.7. The van der Waals surface area contributed by atoms with Crippen LogP contribution >= 0.6 is 0 Å². The number of esters is 1. The normalized spacial score (nSPS) is 10.3. The molecule has 0 saturated carbocycles. The summed E-state index contributed by atoms with van der Waals surface area (Å²) in [4.78, 5) is 25.6. The van der Waals surface area contributed by atoms with Gasteiger partial charge in [-0.25, -0.2) is 0 Å². The Kier molecular flexibility index (Phi) is 8.90. The van der Waals surface area contributed by atoms with E-state index in [0.717, 1.165) is 29.7 Å². The van der Waals surface area contributed by atoms with Crippen molar-refractivity contribution < 1.29 is 19.1 Å². The number of rotatable bonds is 10. The highest BCUT2D eigenvalue weighted by Crippen LogP contribution is 2.20. The zero-order chi connectivity index (χ0) is 17.9. The molecule has 24 heavy (non-hydrogen) atoms. The number of nitrogens with zero attached hydrogens (tertiary/aromatic N) is 1. The topological polar surface area (TPSA) is 55.8 Å². The van der Waals surface area contributed by atoms with Crippen LogP contribution in [-0.4, -0.2) is 43.1 Å². The molecule has 5 nitrogen and oxygen atoms in total. The van der Waals surface area contributed by atoms with E-state index in [-0.39, 0.29) is 24.9 Å². The van der Waals surface area contributed by atoms with Crippen LogP contribution in [0.2, 0.25) is 0 Å². The standard InChI is InChI=1S/C19H29NO4/c1-5-7-12-20(13-11-19(22)23-6-2)18(21)14-24-17-10-8-9-15(3)16(17)4/h8-10H,5-7,11-14H2,1-4H3. The van der Waals surface area contributed by atoms with Crippen LogP contribution in [0.3, 0.4) is 0 Å². The van der Waals surface area contributed by atoms with Gasteiger partial charge in [-0.05, 0) is 44.4 Å². The zero-order valence-electron chi connectivity index (χ0n) is 15.3. The van der Waals surface area contributed by atoms with Crippen molar-refractivity contribution in [1.29, 1.82) is 0 Å². The lowest BCUT2D eigenvalue weighted by molar-refractivity contribution is -0.144. The number of carbonyl (C=O) groups excluding carboxylic acids is 2. The van der Waals surface area contributed by atoms with Crippen LogP contribution in [0.5, 0.6) is 5.75 Å². The smallest absolute Gasteiger partial charge is 0.307 e. The summed E-state index contributed by atoms with van der Waals surface area (Å²) in [6, 6.07) is 5.79. The predicted molar refractivity (Wildman–Crippen MR) is 94.1 cm³/mol. The van der Waals surface area contributed by atoms with Crippen molar-refractivity contribution in [2.75, 3.05) is 26.3 Å². The molecule has 1 amide bonds. The maximum Gasteiger partial charge on any atom is 0.307 e. The van der Waals surface area contributed by atoms with Crippen molar-refractivity contribution in [3.8, 4) is 5.75 Å². The molecule has 0 aromatic heterocycles. The minimum Gasteiger partial charge on any atom is -0.483 e. The van der Waals surface area contributed by atoms with Gasteiger partial charge in [0.15, 0.2) is 6.61 Å². The van der Waals surface area contributed by atoms with Gasteiger partial charge in [-0.2, -0.15) is 0 Å². The molecule has 0 aliphatic carbocycles. The van der Waals surface area contributed by atoms with Gasteiger partial charge in [-0.1, -0.05) is 25.5 Å². The molecule has 0 fully saturated rings. The summed E-state index contributed by atoms with van der Waals surface area (Å²) in [5.74, 6) is 0.347. The fourth-order valence-electron chi connectivity index (χ4n) is 2.28. The molecule has 0 saturated heterocycles. The first-order chi connectivity index (χ1) is 11.5. The van der Waals surface area contributed by atoms with Gasteiger partial charge in [0.05, 0.1) is 13.0 Å². The minimum absolute atomic E-state index is 0.0170. The summed E-state index contributed by atoms with van der Waals surface area (Å²) in [6.45, 7) is 9.17. The van der Waals surface area contributed by atoms with Crippen molar-refractivity contribution in [2.24, 2.45) is 0 Å². The van der Waals surface area contributed by atoms with Crippen LogP contribution in [0.15, 0.2) is 18.2 Å². The molecule has 0 aliphatic heterocycles. The second-order valence-electron chi connectivity index (χ2n) is 5.78. The quantitative estimate of drug-likeness (QED) is 0.616. The van der Waals surface area contributed by atoms with Crippen LogP contribution in [-0.2, 0) is 14.3 Å². The number of benzene rings is 1. The molecular formula is C19H29NO4. The molecule has 5 heteroatoms. The average molecular weight is 335 g/mol.